The molecule has 0 aliphatic rings. The van der Waals surface area contributed by atoms with E-state index in [9.17, 15) is 4.39 Å². The summed E-state index contributed by atoms with van der Waals surface area (Å²) in [6, 6.07) is 0. The van der Waals surface area contributed by atoms with Gasteiger partial charge in [0, 0.05) is 0 Å². The Morgan fingerprint density at radius 1 is 1.20 bits per heavy atom. The van der Waals surface area contributed by atoms with Gasteiger partial charge in [0.05, 0.1) is 0 Å². The van der Waals surface area contributed by atoms with Gasteiger partial charge in [-0.15, -0.1) is 0 Å². The monoisotopic (exact) mass is 146 g/mol. The van der Waals surface area contributed by atoms with Gasteiger partial charge in [0.15, 0.2) is 0 Å². The van der Waals surface area contributed by atoms with Crippen molar-refractivity contribution in [2.24, 2.45) is 0 Å². The quantitative estimate of drug-likeness (QED) is 0.519. The highest BCUT2D eigenvalue weighted by Gasteiger charge is 2.18. The van der Waals surface area contributed by atoms with Gasteiger partial charge < -0.3 is 0 Å². The lowest BCUT2D eigenvalue weighted by atomic mass is 9.98. The highest BCUT2D eigenvalue weighted by atomic mass is 19.1. The minimum Gasteiger partial charge on any atom is -0.244 e. The van der Waals surface area contributed by atoms with Crippen LogP contribution >= 0.6 is 0 Å². The number of alkyl halides is 1. The number of rotatable bonds is 5. The molecule has 0 unspecified atom stereocenters. The van der Waals surface area contributed by atoms with Crippen LogP contribution in [0.1, 0.15) is 52.9 Å². The van der Waals surface area contributed by atoms with Gasteiger partial charge >= 0.3 is 0 Å². The van der Waals surface area contributed by atoms with Gasteiger partial charge in [0.2, 0.25) is 0 Å². The molecule has 0 aromatic carbocycles. The average Bonchev–Trinajstić information content (AvgIpc) is 1.89. The first-order chi connectivity index (χ1) is 4.62. The highest BCUT2D eigenvalue weighted by Crippen LogP contribution is 2.22. The van der Waals surface area contributed by atoms with Crippen molar-refractivity contribution in [2.45, 2.75) is 58.5 Å². The molecule has 0 rings (SSSR count). The van der Waals surface area contributed by atoms with E-state index in [2.05, 4.69) is 6.92 Å². The van der Waals surface area contributed by atoms with E-state index in [1.807, 2.05) is 6.92 Å². The first-order valence-corrected chi connectivity index (χ1v) is 4.31. The molecule has 10 heavy (non-hydrogen) atoms. The minimum absolute atomic E-state index is 0.650. The molecule has 0 N–H and O–H groups in total. The predicted octanol–water partition coefficient (Wildman–Crippen LogP) is 3.70. The summed E-state index contributed by atoms with van der Waals surface area (Å²) in [6.45, 7) is 5.75. The smallest absolute Gasteiger partial charge is 0.108 e. The Labute approximate surface area is 63.8 Å². The Morgan fingerprint density at radius 2 is 1.80 bits per heavy atom. The van der Waals surface area contributed by atoms with Crippen molar-refractivity contribution in [3.05, 3.63) is 0 Å². The third-order valence-electron chi connectivity index (χ3n) is 2.04. The summed E-state index contributed by atoms with van der Waals surface area (Å²) in [6.07, 6.45) is 4.77. The van der Waals surface area contributed by atoms with Crippen LogP contribution in [0.4, 0.5) is 4.39 Å². The zero-order chi connectivity index (χ0) is 8.04. The Morgan fingerprint density at radius 3 is 2.20 bits per heavy atom. The second-order valence-electron chi connectivity index (χ2n) is 3.22. The lowest BCUT2D eigenvalue weighted by Gasteiger charge is -2.16. The molecule has 0 fully saturated rings. The maximum absolute atomic E-state index is 13.1. The molecule has 0 radical (unpaired) electrons. The second-order valence-corrected chi connectivity index (χ2v) is 3.22. The van der Waals surface area contributed by atoms with E-state index in [0.717, 1.165) is 12.8 Å². The minimum atomic E-state index is -0.908. The lowest BCUT2D eigenvalue weighted by Crippen LogP contribution is -2.15. The molecule has 0 aromatic heterocycles. The molecule has 0 saturated heterocycles. The molecule has 62 valence electrons. The largest absolute Gasteiger partial charge is 0.244 e. The molecule has 0 spiro atoms. The summed E-state index contributed by atoms with van der Waals surface area (Å²) in [5, 5.41) is 0. The topological polar surface area (TPSA) is 0 Å². The zero-order valence-electron chi connectivity index (χ0n) is 7.41. The Balaban J connectivity index is 3.28. The molecule has 0 aromatic rings. The maximum atomic E-state index is 13.1. The van der Waals surface area contributed by atoms with E-state index < -0.39 is 5.67 Å². The molecule has 1 atom stereocenters. The van der Waals surface area contributed by atoms with Gasteiger partial charge in [-0.1, -0.05) is 33.1 Å². The van der Waals surface area contributed by atoms with Crippen LogP contribution in [0.25, 0.3) is 0 Å². The summed E-state index contributed by atoms with van der Waals surface area (Å²) < 4.78 is 13.1. The standard InChI is InChI=1S/C9H19F/c1-4-6-7-8-9(3,10)5-2/h4-8H2,1-3H3/t9-/m0/s1. The molecule has 0 aliphatic heterocycles. The van der Waals surface area contributed by atoms with Crippen molar-refractivity contribution >= 4 is 0 Å². The first kappa shape index (κ1) is 9.93. The van der Waals surface area contributed by atoms with E-state index >= 15 is 0 Å². The average molecular weight is 146 g/mol. The SMILES string of the molecule is CCCCC[C@@](C)(F)CC. The molecule has 1 heteroatoms. The van der Waals surface area contributed by atoms with Crippen LogP contribution < -0.4 is 0 Å². The molecule has 0 amide bonds. The van der Waals surface area contributed by atoms with Crippen molar-refractivity contribution in [2.75, 3.05) is 0 Å². The van der Waals surface area contributed by atoms with Crippen LogP contribution in [0.5, 0.6) is 0 Å². The normalized spacial score (nSPS) is 16.8. The molecule has 0 nitrogen and oxygen atoms in total. The van der Waals surface area contributed by atoms with Gasteiger partial charge in [-0.25, -0.2) is 4.39 Å². The predicted molar refractivity (Wildman–Crippen MR) is 43.9 cm³/mol. The van der Waals surface area contributed by atoms with Gasteiger partial charge in [0.1, 0.15) is 5.67 Å². The summed E-state index contributed by atoms with van der Waals surface area (Å²) in [5.74, 6) is 0. The summed E-state index contributed by atoms with van der Waals surface area (Å²) in [5.41, 5.74) is -0.908. The van der Waals surface area contributed by atoms with Gasteiger partial charge in [-0.3, -0.25) is 0 Å². The molecule has 0 saturated carbocycles. The van der Waals surface area contributed by atoms with Crippen molar-refractivity contribution < 1.29 is 4.39 Å². The maximum Gasteiger partial charge on any atom is 0.108 e. The molecular formula is C9H19F. The Kier molecular flexibility index (Phi) is 4.67. The number of hydrogen-bond donors (Lipinski definition) is 0. The van der Waals surface area contributed by atoms with Crippen LogP contribution in [0.2, 0.25) is 0 Å². The Hall–Kier alpha value is -0.0700. The summed E-state index contributed by atoms with van der Waals surface area (Å²) in [4.78, 5) is 0. The number of unbranched alkanes of at least 4 members (excludes halogenated alkanes) is 2. The Bertz CT molecular complexity index is 76.8. The van der Waals surface area contributed by atoms with Crippen molar-refractivity contribution in [3.63, 3.8) is 0 Å². The van der Waals surface area contributed by atoms with Crippen LogP contribution in [0.3, 0.4) is 0 Å². The molecular weight excluding hydrogens is 127 g/mol. The van der Waals surface area contributed by atoms with Gasteiger partial charge in [-0.05, 0) is 19.8 Å². The van der Waals surface area contributed by atoms with Crippen LogP contribution in [-0.2, 0) is 0 Å². The van der Waals surface area contributed by atoms with E-state index in [4.69, 9.17) is 0 Å². The van der Waals surface area contributed by atoms with Crippen LogP contribution in [-0.4, -0.2) is 5.67 Å². The van der Waals surface area contributed by atoms with Gasteiger partial charge in [-0.2, -0.15) is 0 Å². The summed E-state index contributed by atoms with van der Waals surface area (Å²) >= 11 is 0. The van der Waals surface area contributed by atoms with E-state index in [-0.39, 0.29) is 0 Å². The third-order valence-corrected chi connectivity index (χ3v) is 2.04. The van der Waals surface area contributed by atoms with E-state index in [1.54, 1.807) is 6.92 Å². The highest BCUT2D eigenvalue weighted by molar-refractivity contribution is 4.69. The van der Waals surface area contributed by atoms with Crippen LogP contribution in [0, 0.1) is 0 Å². The van der Waals surface area contributed by atoms with Crippen molar-refractivity contribution in [3.8, 4) is 0 Å². The first-order valence-electron chi connectivity index (χ1n) is 4.31. The zero-order valence-corrected chi connectivity index (χ0v) is 7.41. The second kappa shape index (κ2) is 4.70. The van der Waals surface area contributed by atoms with E-state index in [1.165, 1.54) is 12.8 Å². The third kappa shape index (κ3) is 4.78. The number of halogens is 1. The molecule has 0 bridgehead atoms. The summed E-state index contributed by atoms with van der Waals surface area (Å²) in [7, 11) is 0. The fourth-order valence-electron chi connectivity index (χ4n) is 0.920. The van der Waals surface area contributed by atoms with Crippen molar-refractivity contribution in [1.29, 1.82) is 0 Å². The fourth-order valence-corrected chi connectivity index (χ4v) is 0.920. The van der Waals surface area contributed by atoms with E-state index in [0.29, 0.717) is 6.42 Å². The molecule has 0 aliphatic carbocycles. The number of hydrogen-bond acceptors (Lipinski definition) is 0. The molecule has 0 heterocycles. The van der Waals surface area contributed by atoms with Crippen LogP contribution in [0.15, 0.2) is 0 Å². The fraction of sp³-hybridized carbons (Fsp3) is 1.00. The lowest BCUT2D eigenvalue weighted by molar-refractivity contribution is 0.164. The van der Waals surface area contributed by atoms with Crippen molar-refractivity contribution in [1.82, 2.24) is 0 Å². The van der Waals surface area contributed by atoms with Gasteiger partial charge in [0.25, 0.3) is 0 Å².